The minimum atomic E-state index is -4.83. The van der Waals surface area contributed by atoms with Crippen molar-refractivity contribution >= 4 is 0 Å². The largest absolute Gasteiger partial charge is 0.397 e. The highest BCUT2D eigenvalue weighted by Crippen LogP contribution is 2.36. The van der Waals surface area contributed by atoms with Crippen LogP contribution in [0.1, 0.15) is 31.2 Å². The molecule has 0 nitrogen and oxygen atoms in total. The van der Waals surface area contributed by atoms with Crippen LogP contribution in [-0.2, 0) is 0 Å². The molecule has 0 fully saturated rings. The fourth-order valence-corrected chi connectivity index (χ4v) is 2.09. The maximum atomic E-state index is 13.7. The molecule has 3 atom stereocenters. The number of hydrogen-bond donors (Lipinski definition) is 0. The Balaban J connectivity index is 2.76. The Bertz CT molecular complexity index is 360. The van der Waals surface area contributed by atoms with E-state index in [4.69, 9.17) is 0 Å². The van der Waals surface area contributed by atoms with Crippen molar-refractivity contribution in [2.24, 2.45) is 5.92 Å². The fourth-order valence-electron chi connectivity index (χ4n) is 2.09. The third kappa shape index (κ3) is 4.48. The van der Waals surface area contributed by atoms with Crippen molar-refractivity contribution in [3.05, 3.63) is 35.9 Å². The average Bonchev–Trinajstić information content (AvgIpc) is 2.36. The van der Waals surface area contributed by atoms with Crippen molar-refractivity contribution < 1.29 is 22.0 Å². The summed E-state index contributed by atoms with van der Waals surface area (Å²) in [5.41, 5.74) is 0.785. The van der Waals surface area contributed by atoms with Gasteiger partial charge in [-0.05, 0) is 24.3 Å². The highest BCUT2D eigenvalue weighted by molar-refractivity contribution is 5.19. The lowest BCUT2D eigenvalue weighted by atomic mass is 9.87. The van der Waals surface area contributed by atoms with E-state index in [-0.39, 0.29) is 12.3 Å². The molecule has 1 aromatic rings. The average molecular weight is 280 g/mol. The second kappa shape index (κ2) is 6.87. The highest BCUT2D eigenvalue weighted by atomic mass is 19.4. The summed E-state index contributed by atoms with van der Waals surface area (Å²) in [5.74, 6) is -2.85. The summed E-state index contributed by atoms with van der Waals surface area (Å²) in [6.07, 6.45) is -6.84. The van der Waals surface area contributed by atoms with Gasteiger partial charge in [0.1, 0.15) is 18.8 Å². The van der Waals surface area contributed by atoms with Crippen LogP contribution in [0.5, 0.6) is 0 Å². The van der Waals surface area contributed by atoms with Gasteiger partial charge in [0.25, 0.3) is 0 Å². The monoisotopic (exact) mass is 280 g/mol. The first-order chi connectivity index (χ1) is 8.90. The van der Waals surface area contributed by atoms with Crippen LogP contribution in [0.25, 0.3) is 0 Å². The van der Waals surface area contributed by atoms with Crippen LogP contribution in [0.3, 0.4) is 0 Å². The van der Waals surface area contributed by atoms with Crippen molar-refractivity contribution in [3.8, 4) is 0 Å². The Hall–Kier alpha value is -1.13. The quantitative estimate of drug-likeness (QED) is 0.639. The van der Waals surface area contributed by atoms with Crippen LogP contribution in [0, 0.1) is 5.92 Å². The minimum Gasteiger partial charge on any atom is -0.250 e. The normalized spacial score (nSPS) is 16.9. The van der Waals surface area contributed by atoms with Crippen molar-refractivity contribution in [2.75, 3.05) is 6.67 Å². The maximum absolute atomic E-state index is 13.7. The van der Waals surface area contributed by atoms with E-state index in [1.807, 2.05) is 0 Å². The second-order valence-corrected chi connectivity index (χ2v) is 4.57. The first-order valence-corrected chi connectivity index (χ1v) is 6.21. The van der Waals surface area contributed by atoms with Gasteiger partial charge in [0.05, 0.1) is 0 Å². The van der Waals surface area contributed by atoms with Gasteiger partial charge in [-0.2, -0.15) is 13.2 Å². The molecule has 0 amide bonds. The smallest absolute Gasteiger partial charge is 0.250 e. The molecule has 5 heteroatoms. The summed E-state index contributed by atoms with van der Waals surface area (Å²) < 4.78 is 63.5. The van der Waals surface area contributed by atoms with E-state index in [2.05, 4.69) is 0 Å². The summed E-state index contributed by atoms with van der Waals surface area (Å²) in [6, 6.07) is 8.78. The van der Waals surface area contributed by atoms with Crippen LogP contribution in [0.4, 0.5) is 22.0 Å². The predicted molar refractivity (Wildman–Crippen MR) is 64.5 cm³/mol. The lowest BCUT2D eigenvalue weighted by Crippen LogP contribution is -2.34. The van der Waals surface area contributed by atoms with Gasteiger partial charge in [0.15, 0.2) is 0 Å². The molecule has 19 heavy (non-hydrogen) atoms. The Morgan fingerprint density at radius 3 is 2.11 bits per heavy atom. The van der Waals surface area contributed by atoms with Gasteiger partial charge in [-0.25, -0.2) is 4.39 Å². The van der Waals surface area contributed by atoms with Gasteiger partial charge in [0, 0.05) is 0 Å². The summed E-state index contributed by atoms with van der Waals surface area (Å²) in [4.78, 5) is 0. The SMILES string of the molecule is CCC(CC(F)C(CF)C(F)(F)F)c1ccccc1. The highest BCUT2D eigenvalue weighted by Gasteiger charge is 2.45. The van der Waals surface area contributed by atoms with E-state index in [0.29, 0.717) is 6.42 Å². The molecule has 1 aromatic carbocycles. The van der Waals surface area contributed by atoms with Gasteiger partial charge in [-0.15, -0.1) is 0 Å². The van der Waals surface area contributed by atoms with Crippen LogP contribution in [0.15, 0.2) is 30.3 Å². The third-order valence-electron chi connectivity index (χ3n) is 3.30. The second-order valence-electron chi connectivity index (χ2n) is 4.57. The van der Waals surface area contributed by atoms with Crippen LogP contribution in [-0.4, -0.2) is 19.0 Å². The van der Waals surface area contributed by atoms with Crippen molar-refractivity contribution in [2.45, 2.75) is 38.0 Å². The number of alkyl halides is 5. The Labute approximate surface area is 109 Å². The number of halogens is 5. The van der Waals surface area contributed by atoms with Crippen molar-refractivity contribution in [3.63, 3.8) is 0 Å². The Morgan fingerprint density at radius 2 is 1.68 bits per heavy atom. The Kier molecular flexibility index (Phi) is 5.76. The standard InChI is InChI=1S/C14H17F5/c1-2-10(11-6-4-3-5-7-11)8-13(16)12(9-15)14(17,18)19/h3-7,10,12-13H,2,8-9H2,1H3. The first kappa shape index (κ1) is 15.9. The number of benzene rings is 1. The molecule has 0 saturated heterocycles. The molecule has 0 aliphatic rings. The van der Waals surface area contributed by atoms with E-state index in [1.165, 1.54) is 0 Å². The summed E-state index contributed by atoms with van der Waals surface area (Å²) in [5, 5.41) is 0. The summed E-state index contributed by atoms with van der Waals surface area (Å²) in [6.45, 7) is 0.0678. The summed E-state index contributed by atoms with van der Waals surface area (Å²) >= 11 is 0. The molecule has 0 heterocycles. The zero-order chi connectivity index (χ0) is 14.5. The first-order valence-electron chi connectivity index (χ1n) is 6.21. The van der Waals surface area contributed by atoms with Crippen LogP contribution in [0.2, 0.25) is 0 Å². The van der Waals surface area contributed by atoms with E-state index in [0.717, 1.165) is 5.56 Å². The van der Waals surface area contributed by atoms with Crippen molar-refractivity contribution in [1.82, 2.24) is 0 Å². The third-order valence-corrected chi connectivity index (χ3v) is 3.30. The lowest BCUT2D eigenvalue weighted by Gasteiger charge is -2.24. The van der Waals surface area contributed by atoms with Crippen LogP contribution < -0.4 is 0 Å². The molecule has 0 radical (unpaired) electrons. The van der Waals surface area contributed by atoms with Gasteiger partial charge in [0.2, 0.25) is 0 Å². The molecular weight excluding hydrogens is 263 g/mol. The van der Waals surface area contributed by atoms with Gasteiger partial charge in [-0.1, -0.05) is 37.3 Å². The molecule has 0 aliphatic heterocycles. The van der Waals surface area contributed by atoms with Crippen molar-refractivity contribution in [1.29, 1.82) is 0 Å². The van der Waals surface area contributed by atoms with E-state index in [9.17, 15) is 22.0 Å². The van der Waals surface area contributed by atoms with Gasteiger partial charge < -0.3 is 0 Å². The lowest BCUT2D eigenvalue weighted by molar-refractivity contribution is -0.195. The van der Waals surface area contributed by atoms with E-state index >= 15 is 0 Å². The molecule has 0 spiro atoms. The Morgan fingerprint density at radius 1 is 1.11 bits per heavy atom. The molecule has 3 unspecified atom stereocenters. The molecule has 108 valence electrons. The zero-order valence-electron chi connectivity index (χ0n) is 10.6. The molecule has 1 rings (SSSR count). The summed E-state index contributed by atoms with van der Waals surface area (Å²) in [7, 11) is 0. The maximum Gasteiger partial charge on any atom is 0.397 e. The molecular formula is C14H17F5. The minimum absolute atomic E-state index is 0.311. The molecule has 0 aliphatic carbocycles. The topological polar surface area (TPSA) is 0 Å². The zero-order valence-corrected chi connectivity index (χ0v) is 10.6. The van der Waals surface area contributed by atoms with Gasteiger partial charge >= 0.3 is 6.18 Å². The van der Waals surface area contributed by atoms with E-state index in [1.54, 1.807) is 37.3 Å². The number of rotatable bonds is 6. The molecule has 0 aromatic heterocycles. The molecule has 0 N–H and O–H groups in total. The molecule has 0 saturated carbocycles. The predicted octanol–water partition coefficient (Wildman–Crippen LogP) is 5.06. The molecule has 0 bridgehead atoms. The van der Waals surface area contributed by atoms with Crippen LogP contribution >= 0.6 is 0 Å². The van der Waals surface area contributed by atoms with E-state index < -0.39 is 24.9 Å². The number of hydrogen-bond acceptors (Lipinski definition) is 0. The fraction of sp³-hybridized carbons (Fsp3) is 0.571. The van der Waals surface area contributed by atoms with Gasteiger partial charge in [-0.3, -0.25) is 4.39 Å².